The molecule has 0 aliphatic heterocycles. The maximum atomic E-state index is 12.2. The zero-order valence-electron chi connectivity index (χ0n) is 13.2. The van der Waals surface area contributed by atoms with E-state index in [0.29, 0.717) is 27.2 Å². The van der Waals surface area contributed by atoms with Gasteiger partial charge in [0.25, 0.3) is 10.9 Å². The summed E-state index contributed by atoms with van der Waals surface area (Å²) in [6.07, 6.45) is 1.44. The van der Waals surface area contributed by atoms with Gasteiger partial charge in [-0.15, -0.1) is 10.2 Å². The average Bonchev–Trinajstić information content (AvgIpc) is 3.11. The van der Waals surface area contributed by atoms with Gasteiger partial charge >= 0.3 is 0 Å². The van der Waals surface area contributed by atoms with Crippen molar-refractivity contribution in [2.45, 2.75) is 10.8 Å². The van der Waals surface area contributed by atoms with Crippen LogP contribution in [0.1, 0.15) is 14.8 Å². The molecule has 0 spiro atoms. The first kappa shape index (κ1) is 17.2. The molecule has 0 radical (unpaired) electrons. The van der Waals surface area contributed by atoms with E-state index in [2.05, 4.69) is 15.5 Å². The number of nitrogens with one attached hydrogen (secondary N) is 1. The van der Waals surface area contributed by atoms with Gasteiger partial charge < -0.3 is 15.3 Å². The number of ether oxygens (including phenoxy) is 1. The van der Waals surface area contributed by atoms with E-state index in [0.717, 1.165) is 4.73 Å². The zero-order chi connectivity index (χ0) is 17.6. The number of nitrogens with zero attached hydrogens (tertiary/aromatic N) is 3. The van der Waals surface area contributed by atoms with Crippen molar-refractivity contribution in [3.8, 4) is 5.75 Å². The van der Waals surface area contributed by atoms with Crippen LogP contribution in [0, 0.1) is 5.21 Å². The van der Waals surface area contributed by atoms with Crippen molar-refractivity contribution in [3.63, 3.8) is 0 Å². The number of hydrogen-bond donors (Lipinski definition) is 1. The lowest BCUT2D eigenvalue weighted by molar-refractivity contribution is -0.645. The van der Waals surface area contributed by atoms with Crippen LogP contribution in [-0.4, -0.2) is 23.2 Å². The zero-order valence-corrected chi connectivity index (χ0v) is 14.8. The third-order valence-corrected chi connectivity index (χ3v) is 5.28. The maximum Gasteiger partial charge on any atom is 0.286 e. The summed E-state index contributed by atoms with van der Waals surface area (Å²) in [4.78, 5) is 12.2. The summed E-state index contributed by atoms with van der Waals surface area (Å²) in [6, 6.07) is 12.2. The number of thioether (sulfide) groups is 1. The van der Waals surface area contributed by atoms with Crippen molar-refractivity contribution in [2.24, 2.45) is 0 Å². The van der Waals surface area contributed by atoms with Crippen LogP contribution >= 0.6 is 23.1 Å². The van der Waals surface area contributed by atoms with Crippen molar-refractivity contribution in [2.75, 3.05) is 12.4 Å². The van der Waals surface area contributed by atoms with E-state index >= 15 is 0 Å². The minimum atomic E-state index is -0.322. The lowest BCUT2D eigenvalue weighted by atomic mass is 10.3. The molecule has 1 N–H and O–H groups in total. The molecule has 9 heteroatoms. The summed E-state index contributed by atoms with van der Waals surface area (Å²) >= 11 is 2.55. The Kier molecular flexibility index (Phi) is 5.46. The molecular weight excluding hydrogens is 360 g/mol. The number of amides is 1. The molecule has 0 bridgehead atoms. The third-order valence-electron chi connectivity index (χ3n) is 3.14. The number of hydrogen-bond acceptors (Lipinski definition) is 7. The van der Waals surface area contributed by atoms with Crippen molar-refractivity contribution in [1.29, 1.82) is 0 Å². The highest BCUT2D eigenvalue weighted by Crippen LogP contribution is 2.22. The van der Waals surface area contributed by atoms with Crippen molar-refractivity contribution in [1.82, 2.24) is 10.2 Å². The Bertz CT molecular complexity index is 868. The largest absolute Gasteiger partial charge is 0.618 e. The quantitative estimate of drug-likeness (QED) is 0.405. The van der Waals surface area contributed by atoms with Crippen LogP contribution in [-0.2, 0) is 5.75 Å². The topological polar surface area (TPSA) is 91.0 Å². The first-order valence-corrected chi connectivity index (χ1v) is 9.04. The molecule has 3 rings (SSSR count). The second-order valence-corrected chi connectivity index (χ2v) is 6.89. The number of benzene rings is 1. The maximum absolute atomic E-state index is 12.2. The fraction of sp³-hybridized carbons (Fsp3) is 0.125. The number of pyridine rings is 1. The van der Waals surface area contributed by atoms with Crippen LogP contribution in [0.2, 0.25) is 0 Å². The number of methoxy groups -OCH3 is 1. The van der Waals surface area contributed by atoms with Crippen LogP contribution in [0.25, 0.3) is 0 Å². The second-order valence-electron chi connectivity index (χ2n) is 4.84. The Morgan fingerprint density at radius 1 is 1.28 bits per heavy atom. The summed E-state index contributed by atoms with van der Waals surface area (Å²) in [5.41, 5.74) is 0.647. The predicted octanol–water partition coefficient (Wildman–Crippen LogP) is 2.72. The molecule has 0 fully saturated rings. The van der Waals surface area contributed by atoms with E-state index in [9.17, 15) is 10.0 Å². The first-order valence-electron chi connectivity index (χ1n) is 7.24. The van der Waals surface area contributed by atoms with Gasteiger partial charge in [-0.1, -0.05) is 11.3 Å². The third kappa shape index (κ3) is 4.46. The van der Waals surface area contributed by atoms with Crippen LogP contribution < -0.4 is 14.8 Å². The highest BCUT2D eigenvalue weighted by atomic mass is 32.2. The molecule has 3 aromatic rings. The molecule has 25 heavy (non-hydrogen) atoms. The smallest absolute Gasteiger partial charge is 0.286 e. The number of anilines is 1. The molecule has 1 aromatic carbocycles. The Morgan fingerprint density at radius 2 is 2.08 bits per heavy atom. The monoisotopic (exact) mass is 374 g/mol. The summed E-state index contributed by atoms with van der Waals surface area (Å²) in [5, 5.41) is 23.8. The van der Waals surface area contributed by atoms with E-state index in [1.54, 1.807) is 49.6 Å². The van der Waals surface area contributed by atoms with Crippen LogP contribution in [0.15, 0.2) is 53.7 Å². The fourth-order valence-corrected chi connectivity index (χ4v) is 3.56. The lowest BCUT2D eigenvalue weighted by Crippen LogP contribution is -2.27. The SMILES string of the molecule is COc1ccc(NC(=O)c2nnc(CSc3cccc[n+]3[O-])s2)cc1. The standard InChI is InChI=1S/C16H14N4O3S2/c1-23-12-7-5-11(6-8-12)17-15(21)16-19-18-13(25-16)10-24-14-4-2-3-9-20(14)22/h2-9H,10H2,1H3,(H,17,21). The number of aromatic nitrogens is 3. The molecule has 0 saturated carbocycles. The van der Waals surface area contributed by atoms with E-state index in [4.69, 9.17) is 4.74 Å². The average molecular weight is 374 g/mol. The molecule has 0 atom stereocenters. The molecule has 0 saturated heterocycles. The molecule has 0 unspecified atom stereocenters. The van der Waals surface area contributed by atoms with E-state index < -0.39 is 0 Å². The molecule has 0 aliphatic carbocycles. The normalized spacial score (nSPS) is 10.4. The molecule has 7 nitrogen and oxygen atoms in total. The predicted molar refractivity (Wildman–Crippen MR) is 95.8 cm³/mol. The molecule has 0 aliphatic rings. The van der Waals surface area contributed by atoms with Crippen molar-refractivity contribution < 1.29 is 14.3 Å². The van der Waals surface area contributed by atoms with E-state index in [1.165, 1.54) is 29.3 Å². The number of rotatable bonds is 6. The van der Waals surface area contributed by atoms with Gasteiger partial charge in [-0.3, -0.25) is 4.79 Å². The van der Waals surface area contributed by atoms with Crippen molar-refractivity contribution in [3.05, 3.63) is 63.9 Å². The number of carbonyl (C=O) groups excluding carboxylic acids is 1. The summed E-state index contributed by atoms with van der Waals surface area (Å²) in [7, 11) is 1.58. The van der Waals surface area contributed by atoms with Gasteiger partial charge in [0.1, 0.15) is 10.8 Å². The Balaban J connectivity index is 1.60. The highest BCUT2D eigenvalue weighted by molar-refractivity contribution is 7.98. The van der Waals surface area contributed by atoms with Gasteiger partial charge in [0.2, 0.25) is 5.01 Å². The second kappa shape index (κ2) is 7.95. The van der Waals surface area contributed by atoms with Gasteiger partial charge in [-0.05, 0) is 42.1 Å². The Morgan fingerprint density at radius 3 is 2.80 bits per heavy atom. The molecular formula is C16H14N4O3S2. The lowest BCUT2D eigenvalue weighted by Gasteiger charge is -2.04. The highest BCUT2D eigenvalue weighted by Gasteiger charge is 2.14. The van der Waals surface area contributed by atoms with Gasteiger partial charge in [-0.25, -0.2) is 0 Å². The fourth-order valence-electron chi connectivity index (χ4n) is 1.92. The molecule has 2 aromatic heterocycles. The minimum absolute atomic E-state index is 0.273. The van der Waals surface area contributed by atoms with Gasteiger partial charge in [0, 0.05) is 17.8 Å². The van der Waals surface area contributed by atoms with Crippen LogP contribution in [0.4, 0.5) is 5.69 Å². The Labute approximate surface area is 152 Å². The first-order chi connectivity index (χ1) is 12.2. The minimum Gasteiger partial charge on any atom is -0.618 e. The molecule has 1 amide bonds. The molecule has 128 valence electrons. The number of carbonyl (C=O) groups is 1. The summed E-state index contributed by atoms with van der Waals surface area (Å²) < 4.78 is 5.87. The van der Waals surface area contributed by atoms with E-state index in [-0.39, 0.29) is 10.9 Å². The van der Waals surface area contributed by atoms with Gasteiger partial charge in [0.15, 0.2) is 6.20 Å². The Hall–Kier alpha value is -2.65. The molecule has 2 heterocycles. The van der Waals surface area contributed by atoms with Gasteiger partial charge in [-0.2, -0.15) is 4.73 Å². The van der Waals surface area contributed by atoms with Crippen molar-refractivity contribution >= 4 is 34.7 Å². The summed E-state index contributed by atoms with van der Waals surface area (Å²) in [6.45, 7) is 0. The summed E-state index contributed by atoms with van der Waals surface area (Å²) in [5.74, 6) is 0.863. The van der Waals surface area contributed by atoms with E-state index in [1.807, 2.05) is 0 Å². The van der Waals surface area contributed by atoms with Crippen LogP contribution in [0.3, 0.4) is 0 Å². The van der Waals surface area contributed by atoms with Gasteiger partial charge in [0.05, 0.1) is 12.9 Å². The van der Waals surface area contributed by atoms with Crippen LogP contribution in [0.5, 0.6) is 5.75 Å².